The van der Waals surface area contributed by atoms with Crippen LogP contribution in [0.3, 0.4) is 0 Å². The lowest BCUT2D eigenvalue weighted by Gasteiger charge is -2.27. The molecule has 7 heteroatoms. The molecule has 1 unspecified atom stereocenters. The Bertz CT molecular complexity index is 856. The minimum absolute atomic E-state index is 0.184. The van der Waals surface area contributed by atoms with Crippen molar-refractivity contribution in [3.63, 3.8) is 0 Å². The van der Waals surface area contributed by atoms with E-state index in [9.17, 15) is 18.3 Å². The summed E-state index contributed by atoms with van der Waals surface area (Å²) in [5.41, 5.74) is 0.977. The van der Waals surface area contributed by atoms with Gasteiger partial charge in [0.05, 0.1) is 17.5 Å². The van der Waals surface area contributed by atoms with Crippen LogP contribution in [-0.4, -0.2) is 36.3 Å². The lowest BCUT2D eigenvalue weighted by molar-refractivity contribution is -0.126. The molecular formula is C17H19NO4S2. The zero-order chi connectivity index (χ0) is 17.5. The van der Waals surface area contributed by atoms with Crippen molar-refractivity contribution in [1.82, 2.24) is 4.31 Å². The van der Waals surface area contributed by atoms with Crippen LogP contribution in [0.5, 0.6) is 0 Å². The maximum Gasteiger partial charge on any atom is 0.245 e. The summed E-state index contributed by atoms with van der Waals surface area (Å²) in [6.07, 6.45) is 0. The number of hydrogen-bond acceptors (Lipinski definition) is 5. The molecule has 0 amide bonds. The number of Topliss-reactive ketones (excluding diaryl/α,β-unsaturated/α-hetero) is 1. The summed E-state index contributed by atoms with van der Waals surface area (Å²) in [5.74, 6) is -0.672. The minimum atomic E-state index is -3.72. The second kappa shape index (κ2) is 6.40. The third-order valence-electron chi connectivity index (χ3n) is 4.14. The Morgan fingerprint density at radius 2 is 1.96 bits per heavy atom. The molecule has 1 aliphatic heterocycles. The van der Waals surface area contributed by atoms with Crippen LogP contribution in [-0.2, 0) is 21.4 Å². The zero-order valence-corrected chi connectivity index (χ0v) is 15.1. The predicted molar refractivity (Wildman–Crippen MR) is 93.2 cm³/mol. The van der Waals surface area contributed by atoms with Gasteiger partial charge in [0.1, 0.15) is 6.61 Å². The lowest BCUT2D eigenvalue weighted by Crippen LogP contribution is -2.46. The average Bonchev–Trinajstić information content (AvgIpc) is 3.07. The van der Waals surface area contributed by atoms with Crippen molar-refractivity contribution in [2.24, 2.45) is 5.92 Å². The number of benzene rings is 1. The first kappa shape index (κ1) is 17.3. The van der Waals surface area contributed by atoms with Gasteiger partial charge < -0.3 is 5.11 Å². The Morgan fingerprint density at radius 1 is 1.29 bits per heavy atom. The predicted octanol–water partition coefficient (Wildman–Crippen LogP) is 2.51. The van der Waals surface area contributed by atoms with Crippen LogP contribution < -0.4 is 0 Å². The normalized spacial score (nSPS) is 17.8. The first-order valence-corrected chi connectivity index (χ1v) is 9.95. The van der Waals surface area contributed by atoms with Crippen LogP contribution in [0.1, 0.15) is 18.7 Å². The van der Waals surface area contributed by atoms with Gasteiger partial charge in [-0.25, -0.2) is 8.42 Å². The molecule has 1 aliphatic rings. The van der Waals surface area contributed by atoms with Crippen molar-refractivity contribution in [3.05, 3.63) is 41.3 Å². The minimum Gasteiger partial charge on any atom is -0.389 e. The second-order valence-corrected chi connectivity index (χ2v) is 9.12. The van der Waals surface area contributed by atoms with Crippen LogP contribution in [0, 0.1) is 5.92 Å². The number of fused-ring (bicyclic) bond motifs is 1. The van der Waals surface area contributed by atoms with E-state index in [2.05, 4.69) is 0 Å². The lowest BCUT2D eigenvalue weighted by atomic mass is 10.0. The van der Waals surface area contributed by atoms with E-state index in [4.69, 9.17) is 0 Å². The number of aliphatic hydroxyl groups is 1. The summed E-state index contributed by atoms with van der Waals surface area (Å²) in [5, 5.41) is 9.18. The maximum absolute atomic E-state index is 12.9. The Balaban J connectivity index is 1.99. The van der Waals surface area contributed by atoms with Gasteiger partial charge in [-0.3, -0.25) is 4.79 Å². The SMILES string of the molecule is CC(C)C(C(=O)CO)N1Cc2sc(-c3ccccc3)cc2S1(=O)=O. The molecule has 128 valence electrons. The van der Waals surface area contributed by atoms with E-state index in [1.165, 1.54) is 15.6 Å². The number of rotatable bonds is 5. The van der Waals surface area contributed by atoms with Gasteiger partial charge in [-0.1, -0.05) is 44.2 Å². The standard InChI is InChI=1S/C17H19NO4S2/c1-11(2)17(13(20)10-19)18-9-15-16(24(18,21)22)8-14(23-15)12-6-4-3-5-7-12/h3-8,11,17,19H,9-10H2,1-2H3. The monoisotopic (exact) mass is 365 g/mol. The van der Waals surface area contributed by atoms with Gasteiger partial charge in [0.25, 0.3) is 0 Å². The Hall–Kier alpha value is -1.54. The molecular weight excluding hydrogens is 346 g/mol. The molecule has 2 aromatic rings. The third-order valence-corrected chi connectivity index (χ3v) is 7.33. The molecule has 0 aliphatic carbocycles. The summed E-state index contributed by atoms with van der Waals surface area (Å²) < 4.78 is 27.0. The summed E-state index contributed by atoms with van der Waals surface area (Å²) >= 11 is 1.43. The summed E-state index contributed by atoms with van der Waals surface area (Å²) in [4.78, 5) is 14.0. The van der Waals surface area contributed by atoms with E-state index in [1.807, 2.05) is 30.3 Å². The Morgan fingerprint density at radius 3 is 2.50 bits per heavy atom. The fraction of sp³-hybridized carbons (Fsp3) is 0.353. The molecule has 0 spiro atoms. The average molecular weight is 365 g/mol. The Kier molecular flexibility index (Phi) is 4.61. The number of nitrogens with zero attached hydrogens (tertiary/aromatic N) is 1. The van der Waals surface area contributed by atoms with E-state index in [-0.39, 0.29) is 17.4 Å². The highest BCUT2D eigenvalue weighted by molar-refractivity contribution is 7.89. The zero-order valence-electron chi connectivity index (χ0n) is 13.5. The maximum atomic E-state index is 12.9. The summed E-state index contributed by atoms with van der Waals surface area (Å²) in [6, 6.07) is 10.5. The van der Waals surface area contributed by atoms with Gasteiger partial charge in [0.2, 0.25) is 10.0 Å². The summed E-state index contributed by atoms with van der Waals surface area (Å²) in [6.45, 7) is 3.10. The van der Waals surface area contributed by atoms with Gasteiger partial charge in [-0.2, -0.15) is 4.31 Å². The smallest absolute Gasteiger partial charge is 0.245 e. The highest BCUT2D eigenvalue weighted by Gasteiger charge is 2.44. The number of hydrogen-bond donors (Lipinski definition) is 1. The van der Waals surface area contributed by atoms with E-state index in [0.29, 0.717) is 0 Å². The number of ketones is 1. The molecule has 1 aromatic heterocycles. The van der Waals surface area contributed by atoms with Crippen LogP contribution >= 0.6 is 11.3 Å². The fourth-order valence-electron chi connectivity index (χ4n) is 3.04. The van der Waals surface area contributed by atoms with E-state index >= 15 is 0 Å². The van der Waals surface area contributed by atoms with Crippen molar-refractivity contribution < 1.29 is 18.3 Å². The van der Waals surface area contributed by atoms with Crippen LogP contribution in [0.25, 0.3) is 10.4 Å². The number of carbonyl (C=O) groups is 1. The molecule has 1 N–H and O–H groups in total. The van der Waals surface area contributed by atoms with E-state index in [1.54, 1.807) is 19.9 Å². The van der Waals surface area contributed by atoms with Crippen molar-refractivity contribution >= 4 is 27.1 Å². The van der Waals surface area contributed by atoms with Gasteiger partial charge in [-0.15, -0.1) is 11.3 Å². The molecule has 0 saturated heterocycles. The first-order valence-electron chi connectivity index (χ1n) is 7.69. The van der Waals surface area contributed by atoms with Crippen LogP contribution in [0.15, 0.2) is 41.3 Å². The first-order chi connectivity index (χ1) is 11.4. The third kappa shape index (κ3) is 2.82. The van der Waals surface area contributed by atoms with Crippen molar-refractivity contribution in [3.8, 4) is 10.4 Å². The van der Waals surface area contributed by atoms with Crippen molar-refractivity contribution in [2.75, 3.05) is 6.61 Å². The highest BCUT2D eigenvalue weighted by Crippen LogP contribution is 2.42. The van der Waals surface area contributed by atoms with E-state index < -0.39 is 28.5 Å². The molecule has 5 nitrogen and oxygen atoms in total. The van der Waals surface area contributed by atoms with E-state index in [0.717, 1.165) is 15.3 Å². The molecule has 1 atom stereocenters. The molecule has 0 saturated carbocycles. The van der Waals surface area contributed by atoms with Gasteiger partial charge >= 0.3 is 0 Å². The van der Waals surface area contributed by atoms with Gasteiger partial charge in [-0.05, 0) is 17.5 Å². The quantitative estimate of drug-likeness (QED) is 0.883. The molecule has 0 bridgehead atoms. The Labute approximate surface area is 145 Å². The van der Waals surface area contributed by atoms with Crippen LogP contribution in [0.2, 0.25) is 0 Å². The van der Waals surface area contributed by atoms with Crippen LogP contribution in [0.4, 0.5) is 0 Å². The van der Waals surface area contributed by atoms with Gasteiger partial charge in [0, 0.05) is 9.75 Å². The second-order valence-electron chi connectivity index (χ2n) is 6.13. The van der Waals surface area contributed by atoms with Crippen molar-refractivity contribution in [2.45, 2.75) is 31.3 Å². The molecule has 24 heavy (non-hydrogen) atoms. The number of thiophene rings is 1. The van der Waals surface area contributed by atoms with Crippen molar-refractivity contribution in [1.29, 1.82) is 0 Å². The summed E-state index contributed by atoms with van der Waals surface area (Å²) in [7, 11) is -3.72. The molecule has 0 radical (unpaired) electrons. The number of carbonyl (C=O) groups excluding carboxylic acids is 1. The number of aliphatic hydroxyl groups excluding tert-OH is 1. The topological polar surface area (TPSA) is 74.7 Å². The highest BCUT2D eigenvalue weighted by atomic mass is 32.2. The number of sulfonamides is 1. The molecule has 2 heterocycles. The molecule has 3 rings (SSSR count). The molecule has 0 fully saturated rings. The molecule has 1 aromatic carbocycles. The van der Waals surface area contributed by atoms with Gasteiger partial charge in [0.15, 0.2) is 5.78 Å². The largest absolute Gasteiger partial charge is 0.389 e. The fourth-order valence-corrected chi connectivity index (χ4v) is 6.53.